The quantitative estimate of drug-likeness (QED) is 0.647. The summed E-state index contributed by atoms with van der Waals surface area (Å²) >= 11 is 0. The molecule has 0 heterocycles. The van der Waals surface area contributed by atoms with Crippen molar-refractivity contribution in [1.29, 1.82) is 0 Å². The van der Waals surface area contributed by atoms with E-state index < -0.39 is 11.8 Å². The second-order valence-electron chi connectivity index (χ2n) is 4.34. The molecule has 1 N–H and O–H groups in total. The lowest BCUT2D eigenvalue weighted by molar-refractivity contribution is -0.138. The third kappa shape index (κ3) is 4.30. The summed E-state index contributed by atoms with van der Waals surface area (Å²) in [6, 6.07) is 4.64. The van der Waals surface area contributed by atoms with Crippen molar-refractivity contribution in [1.82, 2.24) is 0 Å². The van der Waals surface area contributed by atoms with E-state index in [1.165, 1.54) is 24.3 Å². The van der Waals surface area contributed by atoms with Crippen molar-refractivity contribution in [3.05, 3.63) is 41.2 Å². The molecule has 0 saturated heterocycles. The van der Waals surface area contributed by atoms with Crippen molar-refractivity contribution in [3.63, 3.8) is 0 Å². The number of rotatable bonds is 5. The third-order valence-corrected chi connectivity index (χ3v) is 2.24. The summed E-state index contributed by atoms with van der Waals surface area (Å²) in [6.07, 6.45) is 2.53. The Labute approximate surface area is 106 Å². The van der Waals surface area contributed by atoms with Crippen LogP contribution in [0.2, 0.25) is 0 Å². The van der Waals surface area contributed by atoms with Crippen LogP contribution in [0.5, 0.6) is 0 Å². The summed E-state index contributed by atoms with van der Waals surface area (Å²) in [4.78, 5) is 11.3. The van der Waals surface area contributed by atoms with E-state index >= 15 is 0 Å². The van der Waals surface area contributed by atoms with Crippen LogP contribution in [-0.2, 0) is 16.1 Å². The molecule has 0 amide bonds. The number of hydrogen-bond donors (Lipinski definition) is 1. The Balaban J connectivity index is 2.69. The molecule has 0 radical (unpaired) electrons. The lowest BCUT2D eigenvalue weighted by Crippen LogP contribution is -2.07. The van der Waals surface area contributed by atoms with Crippen LogP contribution in [0.4, 0.5) is 4.39 Å². The molecule has 0 aliphatic carbocycles. The van der Waals surface area contributed by atoms with Gasteiger partial charge >= 0.3 is 5.97 Å². The fourth-order valence-electron chi connectivity index (χ4n) is 1.31. The fourth-order valence-corrected chi connectivity index (χ4v) is 1.31. The van der Waals surface area contributed by atoms with Gasteiger partial charge in [0.25, 0.3) is 0 Å². The van der Waals surface area contributed by atoms with Gasteiger partial charge in [0.2, 0.25) is 0 Å². The average molecular weight is 252 g/mol. The first-order valence-electron chi connectivity index (χ1n) is 5.77. The van der Waals surface area contributed by atoms with Gasteiger partial charge in [-0.2, -0.15) is 0 Å². The van der Waals surface area contributed by atoms with E-state index in [1.807, 2.05) is 13.8 Å². The highest BCUT2D eigenvalue weighted by Gasteiger charge is 2.05. The summed E-state index contributed by atoms with van der Waals surface area (Å²) in [5.41, 5.74) is 0.454. The first-order valence-corrected chi connectivity index (χ1v) is 5.77. The second kappa shape index (κ2) is 6.91. The Bertz CT molecular complexity index is 439. The van der Waals surface area contributed by atoms with Crippen molar-refractivity contribution >= 4 is 12.0 Å². The molecule has 1 aromatic carbocycles. The molecule has 0 saturated carbocycles. The lowest BCUT2D eigenvalue weighted by atomic mass is 10.1. The summed E-state index contributed by atoms with van der Waals surface area (Å²) in [5, 5.41) is 8.91. The molecule has 4 heteroatoms. The molecule has 1 rings (SSSR count). The minimum absolute atomic E-state index is 0.202. The van der Waals surface area contributed by atoms with Gasteiger partial charge in [-0.25, -0.2) is 9.18 Å². The average Bonchev–Trinajstić information content (AvgIpc) is 2.35. The summed E-state index contributed by atoms with van der Waals surface area (Å²) in [5.74, 6) is -0.762. The minimum atomic E-state index is -0.520. The van der Waals surface area contributed by atoms with Crippen molar-refractivity contribution in [3.8, 4) is 0 Å². The number of carbonyl (C=O) groups excluding carboxylic acids is 1. The predicted octanol–water partition coefficient (Wildman–Crippen LogP) is 2.53. The molecule has 0 atom stereocenters. The maximum absolute atomic E-state index is 13.7. The molecule has 18 heavy (non-hydrogen) atoms. The molecule has 3 nitrogen and oxygen atoms in total. The molecular formula is C14H17FO3. The smallest absolute Gasteiger partial charge is 0.330 e. The maximum Gasteiger partial charge on any atom is 0.330 e. The van der Waals surface area contributed by atoms with Gasteiger partial charge in [0.05, 0.1) is 13.2 Å². The van der Waals surface area contributed by atoms with Crippen molar-refractivity contribution in [2.75, 3.05) is 6.61 Å². The van der Waals surface area contributed by atoms with Crippen LogP contribution in [0, 0.1) is 11.7 Å². The minimum Gasteiger partial charge on any atom is -0.462 e. The van der Waals surface area contributed by atoms with Gasteiger partial charge in [0, 0.05) is 17.2 Å². The van der Waals surface area contributed by atoms with E-state index in [9.17, 15) is 9.18 Å². The zero-order valence-corrected chi connectivity index (χ0v) is 10.5. The van der Waals surface area contributed by atoms with Crippen LogP contribution in [0.25, 0.3) is 6.08 Å². The van der Waals surface area contributed by atoms with Crippen LogP contribution in [-0.4, -0.2) is 17.7 Å². The molecule has 0 fully saturated rings. The molecule has 0 aromatic heterocycles. The Morgan fingerprint density at radius 2 is 2.22 bits per heavy atom. The van der Waals surface area contributed by atoms with E-state index in [0.717, 1.165) is 0 Å². The number of benzene rings is 1. The first-order chi connectivity index (χ1) is 8.54. The zero-order valence-electron chi connectivity index (χ0n) is 10.5. The molecule has 1 aromatic rings. The highest BCUT2D eigenvalue weighted by atomic mass is 19.1. The van der Waals surface area contributed by atoms with Gasteiger partial charge in [0.15, 0.2) is 0 Å². The first kappa shape index (κ1) is 14.4. The number of aliphatic hydroxyl groups is 1. The number of aliphatic hydroxyl groups excluding tert-OH is 1. The highest BCUT2D eigenvalue weighted by molar-refractivity contribution is 5.87. The number of carbonyl (C=O) groups is 1. The topological polar surface area (TPSA) is 46.5 Å². The lowest BCUT2D eigenvalue weighted by Gasteiger charge is -2.04. The number of hydrogen-bond acceptors (Lipinski definition) is 3. The number of ether oxygens (including phenoxy) is 1. The maximum atomic E-state index is 13.7. The standard InChI is InChI=1S/C14H17FO3/c1-10(2)9-18-13(17)7-6-11-4-3-5-12(8-16)14(11)15/h3-7,10,16H,8-9H2,1-2H3/b7-6+. The molecule has 98 valence electrons. The number of halogens is 1. The summed E-state index contributed by atoms with van der Waals surface area (Å²) < 4.78 is 18.6. The second-order valence-corrected chi connectivity index (χ2v) is 4.34. The van der Waals surface area contributed by atoms with Gasteiger partial charge in [-0.15, -0.1) is 0 Å². The van der Waals surface area contributed by atoms with E-state index in [4.69, 9.17) is 9.84 Å². The van der Waals surface area contributed by atoms with E-state index in [-0.39, 0.29) is 23.7 Å². The zero-order chi connectivity index (χ0) is 13.5. The van der Waals surface area contributed by atoms with Crippen LogP contribution in [0.15, 0.2) is 24.3 Å². The molecule has 0 aliphatic rings. The van der Waals surface area contributed by atoms with Gasteiger partial charge < -0.3 is 9.84 Å². The Hall–Kier alpha value is -1.68. The summed E-state index contributed by atoms with van der Waals surface area (Å²) in [7, 11) is 0. The van der Waals surface area contributed by atoms with Crippen LogP contribution in [0.1, 0.15) is 25.0 Å². The van der Waals surface area contributed by atoms with Crippen LogP contribution < -0.4 is 0 Å². The van der Waals surface area contributed by atoms with Gasteiger partial charge in [-0.3, -0.25) is 0 Å². The Morgan fingerprint density at radius 1 is 1.50 bits per heavy atom. The Kier molecular flexibility index (Phi) is 5.52. The SMILES string of the molecule is CC(C)COC(=O)/C=C/c1cccc(CO)c1F. The molecule has 0 unspecified atom stereocenters. The monoisotopic (exact) mass is 252 g/mol. The molecule has 0 bridgehead atoms. The molecular weight excluding hydrogens is 235 g/mol. The van der Waals surface area contributed by atoms with Crippen LogP contribution in [0.3, 0.4) is 0 Å². The predicted molar refractivity (Wildman–Crippen MR) is 67.2 cm³/mol. The van der Waals surface area contributed by atoms with E-state index in [1.54, 1.807) is 6.07 Å². The Morgan fingerprint density at radius 3 is 2.83 bits per heavy atom. The number of esters is 1. The van der Waals surface area contributed by atoms with Gasteiger partial charge in [0.1, 0.15) is 5.82 Å². The normalized spacial score (nSPS) is 11.2. The fraction of sp³-hybridized carbons (Fsp3) is 0.357. The van der Waals surface area contributed by atoms with Gasteiger partial charge in [-0.05, 0) is 12.0 Å². The van der Waals surface area contributed by atoms with Crippen molar-refractivity contribution in [2.24, 2.45) is 5.92 Å². The van der Waals surface area contributed by atoms with Crippen molar-refractivity contribution < 1.29 is 19.0 Å². The third-order valence-electron chi connectivity index (χ3n) is 2.24. The summed E-state index contributed by atoms with van der Waals surface area (Å²) in [6.45, 7) is 3.83. The highest BCUT2D eigenvalue weighted by Crippen LogP contribution is 2.14. The molecule has 0 spiro atoms. The van der Waals surface area contributed by atoms with Crippen LogP contribution >= 0.6 is 0 Å². The van der Waals surface area contributed by atoms with Gasteiger partial charge in [-0.1, -0.05) is 32.0 Å². The van der Waals surface area contributed by atoms with E-state index in [0.29, 0.717) is 6.61 Å². The molecule has 0 aliphatic heterocycles. The largest absolute Gasteiger partial charge is 0.462 e. The van der Waals surface area contributed by atoms with Crippen molar-refractivity contribution in [2.45, 2.75) is 20.5 Å². The van der Waals surface area contributed by atoms with E-state index in [2.05, 4.69) is 0 Å².